The van der Waals surface area contributed by atoms with Gasteiger partial charge in [-0.25, -0.2) is 9.59 Å². The first kappa shape index (κ1) is 13.3. The Morgan fingerprint density at radius 3 is 2.59 bits per heavy atom. The van der Waals surface area contributed by atoms with Crippen molar-refractivity contribution in [3.8, 4) is 0 Å². The zero-order valence-corrected chi connectivity index (χ0v) is 9.44. The van der Waals surface area contributed by atoms with E-state index < -0.39 is 18.1 Å². The first-order valence-corrected chi connectivity index (χ1v) is 5.08. The molecule has 0 saturated heterocycles. The molecule has 6 nitrogen and oxygen atoms in total. The molecule has 17 heavy (non-hydrogen) atoms. The Hall–Kier alpha value is -1.79. The molecule has 0 unspecified atom stereocenters. The van der Waals surface area contributed by atoms with Gasteiger partial charge in [0.05, 0.1) is 17.3 Å². The average Bonchev–Trinajstić information content (AvgIpc) is 2.29. The van der Waals surface area contributed by atoms with Crippen LogP contribution < -0.4 is 10.6 Å². The van der Waals surface area contributed by atoms with Gasteiger partial charge in [0.15, 0.2) is 6.10 Å². The average molecular weight is 259 g/mol. The highest BCUT2D eigenvalue weighted by Gasteiger charge is 2.14. The van der Waals surface area contributed by atoms with E-state index in [1.165, 1.54) is 0 Å². The van der Waals surface area contributed by atoms with Gasteiger partial charge in [0.25, 0.3) is 0 Å². The van der Waals surface area contributed by atoms with Crippen LogP contribution in [0.3, 0.4) is 0 Å². The van der Waals surface area contributed by atoms with E-state index in [9.17, 15) is 9.59 Å². The molecule has 1 atom stereocenters. The number of para-hydroxylation sites is 1. The summed E-state index contributed by atoms with van der Waals surface area (Å²) in [6.07, 6.45) is -1.63. The number of anilines is 1. The lowest BCUT2D eigenvalue weighted by Gasteiger charge is -2.10. The number of carboxylic acids is 1. The molecular formula is C10H11ClN2O4. The maximum Gasteiger partial charge on any atom is 0.334 e. The number of nitrogens with one attached hydrogen (secondary N) is 2. The Labute approximate surface area is 102 Å². The second-order valence-corrected chi connectivity index (χ2v) is 3.58. The van der Waals surface area contributed by atoms with Crippen LogP contribution in [0.4, 0.5) is 10.5 Å². The van der Waals surface area contributed by atoms with Gasteiger partial charge in [0.2, 0.25) is 0 Å². The molecule has 1 rings (SSSR count). The summed E-state index contributed by atoms with van der Waals surface area (Å²) in [5, 5.41) is 22.3. The number of benzene rings is 1. The number of aliphatic hydroxyl groups excluding tert-OH is 1. The molecule has 4 N–H and O–H groups in total. The molecule has 7 heteroatoms. The number of hydrogen-bond donors (Lipinski definition) is 4. The van der Waals surface area contributed by atoms with Crippen LogP contribution in [0.15, 0.2) is 24.3 Å². The van der Waals surface area contributed by atoms with Crippen LogP contribution in [0.1, 0.15) is 0 Å². The number of carbonyl (C=O) groups is 2. The summed E-state index contributed by atoms with van der Waals surface area (Å²) in [6.45, 7) is -0.383. The molecule has 0 aliphatic heterocycles. The third kappa shape index (κ3) is 4.29. The van der Waals surface area contributed by atoms with Crippen LogP contribution >= 0.6 is 11.6 Å². The Kier molecular flexibility index (Phi) is 4.74. The van der Waals surface area contributed by atoms with Crippen LogP contribution in [0.5, 0.6) is 0 Å². The molecule has 0 saturated carbocycles. The summed E-state index contributed by atoms with van der Waals surface area (Å²) in [5.41, 5.74) is 0.400. The number of urea groups is 1. The number of rotatable bonds is 4. The molecule has 0 aliphatic rings. The Morgan fingerprint density at radius 1 is 1.35 bits per heavy atom. The van der Waals surface area contributed by atoms with Crippen molar-refractivity contribution < 1.29 is 19.8 Å². The fourth-order valence-electron chi connectivity index (χ4n) is 1.01. The molecule has 0 radical (unpaired) electrons. The SMILES string of the molecule is O=C(NC[C@H](O)C(=O)O)Nc1ccccc1Cl. The van der Waals surface area contributed by atoms with Gasteiger partial charge in [0.1, 0.15) is 0 Å². The van der Waals surface area contributed by atoms with E-state index in [-0.39, 0.29) is 6.54 Å². The van der Waals surface area contributed by atoms with E-state index in [2.05, 4.69) is 10.6 Å². The van der Waals surface area contributed by atoms with Crippen molar-refractivity contribution >= 4 is 29.3 Å². The predicted molar refractivity (Wildman–Crippen MR) is 62.1 cm³/mol. The highest BCUT2D eigenvalue weighted by atomic mass is 35.5. The van der Waals surface area contributed by atoms with Gasteiger partial charge in [0, 0.05) is 0 Å². The molecule has 0 heterocycles. The highest BCUT2D eigenvalue weighted by molar-refractivity contribution is 6.33. The van der Waals surface area contributed by atoms with Crippen molar-refractivity contribution in [3.05, 3.63) is 29.3 Å². The molecule has 0 spiro atoms. The molecule has 0 aliphatic carbocycles. The van der Waals surface area contributed by atoms with Gasteiger partial charge in [-0.15, -0.1) is 0 Å². The van der Waals surface area contributed by atoms with E-state index in [0.29, 0.717) is 10.7 Å². The first-order chi connectivity index (χ1) is 8.00. The van der Waals surface area contributed by atoms with Gasteiger partial charge in [-0.1, -0.05) is 23.7 Å². The predicted octanol–water partition coefficient (Wildman–Crippen LogP) is 0.907. The third-order valence-electron chi connectivity index (χ3n) is 1.86. The van der Waals surface area contributed by atoms with Crippen LogP contribution in [0.25, 0.3) is 0 Å². The van der Waals surface area contributed by atoms with E-state index in [1.54, 1.807) is 24.3 Å². The minimum Gasteiger partial charge on any atom is -0.479 e. The molecule has 0 bridgehead atoms. The summed E-state index contributed by atoms with van der Waals surface area (Å²) in [5.74, 6) is -1.40. The number of aliphatic hydroxyl groups is 1. The summed E-state index contributed by atoms with van der Waals surface area (Å²) in [6, 6.07) is 5.95. The lowest BCUT2D eigenvalue weighted by molar-refractivity contribution is -0.146. The molecule has 0 fully saturated rings. The number of carbonyl (C=O) groups excluding carboxylic acids is 1. The summed E-state index contributed by atoms with van der Waals surface area (Å²) < 4.78 is 0. The van der Waals surface area contributed by atoms with Crippen LogP contribution in [-0.2, 0) is 4.79 Å². The monoisotopic (exact) mass is 258 g/mol. The molecule has 0 aromatic heterocycles. The topological polar surface area (TPSA) is 98.7 Å². The normalized spacial score (nSPS) is 11.6. The van der Waals surface area contributed by atoms with E-state index in [0.717, 1.165) is 0 Å². The lowest BCUT2D eigenvalue weighted by atomic mass is 10.3. The first-order valence-electron chi connectivity index (χ1n) is 4.71. The second kappa shape index (κ2) is 6.07. The maximum absolute atomic E-state index is 11.3. The number of amides is 2. The number of aliphatic carboxylic acids is 1. The fourth-order valence-corrected chi connectivity index (χ4v) is 1.19. The standard InChI is InChI=1S/C10H11ClN2O4/c11-6-3-1-2-4-7(6)13-10(17)12-5-8(14)9(15)16/h1-4,8,14H,5H2,(H,15,16)(H2,12,13,17)/t8-/m0/s1. The van der Waals surface area contributed by atoms with Gasteiger partial charge >= 0.3 is 12.0 Å². The van der Waals surface area contributed by atoms with Crippen LogP contribution in [0.2, 0.25) is 5.02 Å². The third-order valence-corrected chi connectivity index (χ3v) is 2.19. The molecule has 1 aromatic rings. The van der Waals surface area contributed by atoms with Crippen molar-refractivity contribution in [1.29, 1.82) is 0 Å². The summed E-state index contributed by atoms with van der Waals surface area (Å²) >= 11 is 5.80. The largest absolute Gasteiger partial charge is 0.479 e. The molecule has 2 amide bonds. The van der Waals surface area contributed by atoms with Crippen molar-refractivity contribution in [3.63, 3.8) is 0 Å². The summed E-state index contributed by atoms with van der Waals surface area (Å²) in [4.78, 5) is 21.6. The van der Waals surface area contributed by atoms with Crippen LogP contribution in [-0.4, -0.2) is 34.9 Å². The van der Waals surface area contributed by atoms with Gasteiger partial charge < -0.3 is 20.8 Å². The lowest BCUT2D eigenvalue weighted by Crippen LogP contribution is -2.38. The van der Waals surface area contributed by atoms with Crippen molar-refractivity contribution in [2.45, 2.75) is 6.10 Å². The number of halogens is 1. The maximum atomic E-state index is 11.3. The Morgan fingerprint density at radius 2 is 2.00 bits per heavy atom. The van der Waals surface area contributed by atoms with Gasteiger partial charge in [-0.2, -0.15) is 0 Å². The highest BCUT2D eigenvalue weighted by Crippen LogP contribution is 2.19. The minimum absolute atomic E-state index is 0.362. The van der Waals surface area contributed by atoms with Gasteiger partial charge in [-0.05, 0) is 12.1 Å². The number of hydrogen-bond acceptors (Lipinski definition) is 3. The van der Waals surface area contributed by atoms with Crippen molar-refractivity contribution in [2.75, 3.05) is 11.9 Å². The quantitative estimate of drug-likeness (QED) is 0.645. The van der Waals surface area contributed by atoms with E-state index in [1.807, 2.05) is 0 Å². The molecule has 92 valence electrons. The molecular weight excluding hydrogens is 248 g/mol. The second-order valence-electron chi connectivity index (χ2n) is 3.17. The zero-order valence-electron chi connectivity index (χ0n) is 8.68. The summed E-state index contributed by atoms with van der Waals surface area (Å²) in [7, 11) is 0. The van der Waals surface area contributed by atoms with E-state index >= 15 is 0 Å². The van der Waals surface area contributed by atoms with Gasteiger partial charge in [-0.3, -0.25) is 0 Å². The fraction of sp³-hybridized carbons (Fsp3) is 0.200. The Balaban J connectivity index is 2.46. The van der Waals surface area contributed by atoms with Crippen molar-refractivity contribution in [2.24, 2.45) is 0 Å². The minimum atomic E-state index is -1.63. The van der Waals surface area contributed by atoms with Crippen LogP contribution in [0, 0.1) is 0 Å². The number of carboxylic acid groups (broad SMARTS) is 1. The van der Waals surface area contributed by atoms with Crippen molar-refractivity contribution in [1.82, 2.24) is 5.32 Å². The molecule has 1 aromatic carbocycles. The Bertz CT molecular complexity index is 425. The van der Waals surface area contributed by atoms with E-state index in [4.69, 9.17) is 21.8 Å². The smallest absolute Gasteiger partial charge is 0.334 e. The zero-order chi connectivity index (χ0) is 12.8.